The van der Waals surface area contributed by atoms with E-state index >= 15 is 0 Å². The number of carbonyl (C=O) groups excluding carboxylic acids is 1. The van der Waals surface area contributed by atoms with Gasteiger partial charge >= 0.3 is 0 Å². The van der Waals surface area contributed by atoms with Gasteiger partial charge < -0.3 is 4.74 Å². The van der Waals surface area contributed by atoms with Crippen molar-refractivity contribution in [3.8, 4) is 5.75 Å². The number of thiazole rings is 1. The number of fused-ring (bicyclic) bond motifs is 1. The Morgan fingerprint density at radius 2 is 2.29 bits per heavy atom. The van der Waals surface area contributed by atoms with E-state index in [4.69, 9.17) is 4.74 Å². The maximum Gasteiger partial charge on any atom is 0.146 e. The van der Waals surface area contributed by atoms with E-state index in [2.05, 4.69) is 4.98 Å². The highest BCUT2D eigenvalue weighted by Gasteiger charge is 2.34. The number of nitrogens with zero attached hydrogens (tertiary/aromatic N) is 1. The Morgan fingerprint density at radius 3 is 3.06 bits per heavy atom. The first kappa shape index (κ1) is 10.7. The van der Waals surface area contributed by atoms with E-state index in [-0.39, 0.29) is 17.8 Å². The van der Waals surface area contributed by atoms with Crippen molar-refractivity contribution in [3.63, 3.8) is 0 Å². The third kappa shape index (κ3) is 1.93. The number of ketones is 1. The Morgan fingerprint density at radius 1 is 1.47 bits per heavy atom. The quantitative estimate of drug-likeness (QED) is 0.836. The number of hydrogen-bond donors (Lipinski definition) is 0. The van der Waals surface area contributed by atoms with Gasteiger partial charge in [0.1, 0.15) is 23.2 Å². The van der Waals surface area contributed by atoms with Gasteiger partial charge in [-0.05, 0) is 31.9 Å². The van der Waals surface area contributed by atoms with Gasteiger partial charge in [0.25, 0.3) is 0 Å². The molecule has 0 spiro atoms. The molecule has 0 unspecified atom stereocenters. The van der Waals surface area contributed by atoms with Crippen LogP contribution in [0, 0.1) is 5.92 Å². The van der Waals surface area contributed by atoms with Gasteiger partial charge in [0, 0.05) is 5.92 Å². The Labute approximate surface area is 103 Å². The molecule has 0 N–H and O–H groups in total. The minimum absolute atomic E-state index is 0.177. The van der Waals surface area contributed by atoms with Crippen molar-refractivity contribution < 1.29 is 9.53 Å². The number of ether oxygens (including phenoxy) is 1. The molecule has 0 bridgehead atoms. The number of carbonyl (C=O) groups is 1. The first-order valence-electron chi connectivity index (χ1n) is 5.73. The standard InChI is InChI=1S/C13H13NO2S/c1-8(15)9-5-10(6-9)16-11-3-2-4-12-13(11)14-7-17-12/h2-4,7,9-10H,5-6H2,1H3. The zero-order valence-corrected chi connectivity index (χ0v) is 10.4. The van der Waals surface area contributed by atoms with Crippen LogP contribution in [0.25, 0.3) is 10.2 Å². The molecule has 4 heteroatoms. The number of aromatic nitrogens is 1. The summed E-state index contributed by atoms with van der Waals surface area (Å²) in [6, 6.07) is 5.97. The summed E-state index contributed by atoms with van der Waals surface area (Å²) in [5, 5.41) is 0. The molecule has 1 fully saturated rings. The van der Waals surface area contributed by atoms with E-state index in [1.54, 1.807) is 18.3 Å². The fraction of sp³-hybridized carbons (Fsp3) is 0.385. The lowest BCUT2D eigenvalue weighted by Crippen LogP contribution is -2.37. The Hall–Kier alpha value is -1.42. The molecule has 1 saturated carbocycles. The maximum atomic E-state index is 11.1. The summed E-state index contributed by atoms with van der Waals surface area (Å²) < 4.78 is 7.04. The minimum Gasteiger partial charge on any atom is -0.488 e. The summed E-state index contributed by atoms with van der Waals surface area (Å²) >= 11 is 1.61. The predicted octanol–water partition coefficient (Wildman–Crippen LogP) is 3.04. The van der Waals surface area contributed by atoms with Crippen LogP contribution in [0.5, 0.6) is 5.75 Å². The summed E-state index contributed by atoms with van der Waals surface area (Å²) in [4.78, 5) is 15.4. The molecule has 1 aliphatic carbocycles. The van der Waals surface area contributed by atoms with Crippen LogP contribution in [-0.2, 0) is 4.79 Å². The van der Waals surface area contributed by atoms with Gasteiger partial charge in [-0.15, -0.1) is 11.3 Å². The van der Waals surface area contributed by atoms with Gasteiger partial charge in [-0.3, -0.25) is 4.79 Å². The molecule has 3 nitrogen and oxygen atoms in total. The fourth-order valence-electron chi connectivity index (χ4n) is 2.13. The van der Waals surface area contributed by atoms with Gasteiger partial charge in [0.15, 0.2) is 0 Å². The summed E-state index contributed by atoms with van der Waals surface area (Å²) in [5.41, 5.74) is 2.76. The number of para-hydroxylation sites is 1. The molecule has 0 amide bonds. The number of rotatable bonds is 3. The van der Waals surface area contributed by atoms with E-state index in [0.29, 0.717) is 0 Å². The highest BCUT2D eigenvalue weighted by atomic mass is 32.1. The molecule has 2 aromatic rings. The van der Waals surface area contributed by atoms with Crippen molar-refractivity contribution in [2.75, 3.05) is 0 Å². The largest absolute Gasteiger partial charge is 0.488 e. The lowest BCUT2D eigenvalue weighted by atomic mass is 9.80. The normalized spacial score (nSPS) is 23.4. The molecule has 1 aromatic heterocycles. The van der Waals surface area contributed by atoms with E-state index in [0.717, 1.165) is 28.8 Å². The van der Waals surface area contributed by atoms with Gasteiger partial charge in [-0.1, -0.05) is 6.07 Å². The van der Waals surface area contributed by atoms with Crippen molar-refractivity contribution in [2.24, 2.45) is 5.92 Å². The van der Waals surface area contributed by atoms with Gasteiger partial charge in [-0.2, -0.15) is 0 Å². The smallest absolute Gasteiger partial charge is 0.146 e. The maximum absolute atomic E-state index is 11.1. The molecular formula is C13H13NO2S. The average Bonchev–Trinajstić information content (AvgIpc) is 2.70. The van der Waals surface area contributed by atoms with Gasteiger partial charge in [0.2, 0.25) is 0 Å². The molecule has 88 valence electrons. The molecule has 1 heterocycles. The Kier molecular flexibility index (Phi) is 2.59. The average molecular weight is 247 g/mol. The van der Waals surface area contributed by atoms with E-state index in [1.807, 2.05) is 23.7 Å². The Balaban J connectivity index is 1.74. The molecular weight excluding hydrogens is 234 g/mol. The summed E-state index contributed by atoms with van der Waals surface area (Å²) in [7, 11) is 0. The van der Waals surface area contributed by atoms with Crippen molar-refractivity contribution in [1.29, 1.82) is 0 Å². The van der Waals surface area contributed by atoms with Crippen LogP contribution in [0.4, 0.5) is 0 Å². The molecule has 0 atom stereocenters. The van der Waals surface area contributed by atoms with Gasteiger partial charge in [-0.25, -0.2) is 4.98 Å². The van der Waals surface area contributed by atoms with Gasteiger partial charge in [0.05, 0.1) is 10.2 Å². The van der Waals surface area contributed by atoms with Crippen molar-refractivity contribution in [1.82, 2.24) is 4.98 Å². The molecule has 3 rings (SSSR count). The first-order valence-corrected chi connectivity index (χ1v) is 6.61. The second kappa shape index (κ2) is 4.11. The summed E-state index contributed by atoms with van der Waals surface area (Å²) in [5.74, 6) is 1.32. The fourth-order valence-corrected chi connectivity index (χ4v) is 2.82. The Bertz CT molecular complexity index is 557. The zero-order valence-electron chi connectivity index (χ0n) is 9.55. The first-order chi connectivity index (χ1) is 8.24. The van der Waals surface area contributed by atoms with Crippen LogP contribution < -0.4 is 4.74 Å². The van der Waals surface area contributed by atoms with Crippen LogP contribution in [-0.4, -0.2) is 16.9 Å². The number of hydrogen-bond acceptors (Lipinski definition) is 4. The van der Waals surface area contributed by atoms with E-state index < -0.39 is 0 Å². The van der Waals surface area contributed by atoms with Crippen LogP contribution in [0.2, 0.25) is 0 Å². The van der Waals surface area contributed by atoms with Crippen molar-refractivity contribution in [2.45, 2.75) is 25.9 Å². The third-order valence-corrected chi connectivity index (χ3v) is 4.08. The van der Waals surface area contributed by atoms with Crippen LogP contribution in [0.15, 0.2) is 23.7 Å². The highest BCUT2D eigenvalue weighted by Crippen LogP contribution is 2.34. The highest BCUT2D eigenvalue weighted by molar-refractivity contribution is 7.16. The van der Waals surface area contributed by atoms with Crippen LogP contribution in [0.1, 0.15) is 19.8 Å². The van der Waals surface area contributed by atoms with Crippen LogP contribution >= 0.6 is 11.3 Å². The monoisotopic (exact) mass is 247 g/mol. The molecule has 0 aliphatic heterocycles. The zero-order chi connectivity index (χ0) is 11.8. The predicted molar refractivity (Wildman–Crippen MR) is 67.4 cm³/mol. The molecule has 0 saturated heterocycles. The topological polar surface area (TPSA) is 39.2 Å². The molecule has 1 aromatic carbocycles. The van der Waals surface area contributed by atoms with Crippen LogP contribution in [0.3, 0.4) is 0 Å². The van der Waals surface area contributed by atoms with E-state index in [9.17, 15) is 4.79 Å². The third-order valence-electron chi connectivity index (χ3n) is 3.29. The molecule has 17 heavy (non-hydrogen) atoms. The van der Waals surface area contributed by atoms with E-state index in [1.165, 1.54) is 0 Å². The second-order valence-corrected chi connectivity index (χ2v) is 5.36. The lowest BCUT2D eigenvalue weighted by molar-refractivity contribution is -0.126. The second-order valence-electron chi connectivity index (χ2n) is 4.47. The van der Waals surface area contributed by atoms with Crippen molar-refractivity contribution >= 4 is 27.3 Å². The molecule has 1 aliphatic rings. The number of Topliss-reactive ketones (excluding diaryl/α,β-unsaturated/α-hetero) is 1. The molecule has 0 radical (unpaired) electrons. The SMILES string of the molecule is CC(=O)C1CC(Oc2cccc3scnc23)C1. The van der Waals surface area contributed by atoms with Crippen molar-refractivity contribution in [3.05, 3.63) is 23.7 Å². The number of benzene rings is 1. The summed E-state index contributed by atoms with van der Waals surface area (Å²) in [6.07, 6.45) is 1.86. The minimum atomic E-state index is 0.177. The lowest BCUT2D eigenvalue weighted by Gasteiger charge is -2.33. The summed E-state index contributed by atoms with van der Waals surface area (Å²) in [6.45, 7) is 1.65.